The lowest BCUT2D eigenvalue weighted by Gasteiger charge is -2.21. The first-order valence-electron chi connectivity index (χ1n) is 26.0. The molecular weight excluding hydrogens is 1010 g/mol. The second-order valence-electron chi connectivity index (χ2n) is 17.5. The number of hydrogen-bond donors (Lipinski definition) is 6. The molecule has 7 N–H and O–H groups in total. The summed E-state index contributed by atoms with van der Waals surface area (Å²) in [7, 11) is -10.9. The van der Waals surface area contributed by atoms with Gasteiger partial charge in [-0.25, -0.2) is 13.9 Å². The van der Waals surface area contributed by atoms with E-state index in [1.165, 1.54) is 38.2 Å². The molecule has 1 aromatic rings. The third-order valence-electron chi connectivity index (χ3n) is 10.9. The Bertz CT molecular complexity index is 2200. The van der Waals surface area contributed by atoms with E-state index in [-0.39, 0.29) is 25.1 Å². The van der Waals surface area contributed by atoms with Crippen molar-refractivity contribution >= 4 is 33.4 Å². The van der Waals surface area contributed by atoms with Gasteiger partial charge in [-0.3, -0.25) is 23.2 Å². The van der Waals surface area contributed by atoms with Gasteiger partial charge >= 0.3 is 33.3 Å². The van der Waals surface area contributed by atoms with Crippen molar-refractivity contribution in [3.8, 4) is 0 Å². The van der Waals surface area contributed by atoms with E-state index in [0.717, 1.165) is 49.3 Å². The number of carbonyl (C=O) groups excluding carboxylic acids is 2. The number of phosphoric acid groups is 2. The van der Waals surface area contributed by atoms with Gasteiger partial charge in [0.25, 0.3) is 0 Å². The Hall–Kier alpha value is -4.62. The van der Waals surface area contributed by atoms with E-state index in [4.69, 9.17) is 29.0 Å². The summed E-state index contributed by atoms with van der Waals surface area (Å²) in [6.45, 7) is 1.88. The van der Waals surface area contributed by atoms with Crippen molar-refractivity contribution in [2.75, 3.05) is 25.6 Å². The molecular formula is C54H83N3O16P2. The third-order valence-corrected chi connectivity index (χ3v) is 13.5. The number of nitrogens with zero attached hydrogens (tertiary/aromatic N) is 2. The number of aliphatic hydroxyl groups is 3. The lowest BCUT2D eigenvalue weighted by atomic mass is 10.1. The second-order valence-corrected chi connectivity index (χ2v) is 20.6. The maximum atomic E-state index is 12.9. The number of hydrogen-bond acceptors (Lipinski definition) is 16. The third kappa shape index (κ3) is 33.2. The molecule has 1 aliphatic heterocycles. The number of anilines is 1. The molecule has 0 aliphatic carbocycles. The fourth-order valence-corrected chi connectivity index (χ4v) is 8.95. The fraction of sp³-hybridized carbons (Fsp3) is 0.556. The first-order valence-corrected chi connectivity index (χ1v) is 29.0. The Morgan fingerprint density at radius 1 is 0.707 bits per heavy atom. The summed E-state index contributed by atoms with van der Waals surface area (Å²) in [6, 6.07) is 1.23. The van der Waals surface area contributed by atoms with Crippen LogP contribution >= 0.6 is 15.6 Å². The summed E-state index contributed by atoms with van der Waals surface area (Å²) >= 11 is 0. The number of nitrogen functional groups attached to an aromatic ring is 1. The van der Waals surface area contributed by atoms with Crippen LogP contribution in [0.1, 0.15) is 142 Å². The zero-order valence-electron chi connectivity index (χ0n) is 43.7. The maximum absolute atomic E-state index is 12.9. The van der Waals surface area contributed by atoms with E-state index in [1.807, 2.05) is 48.6 Å². The highest BCUT2D eigenvalue weighted by Gasteiger charge is 2.46. The van der Waals surface area contributed by atoms with E-state index in [9.17, 15) is 48.6 Å². The van der Waals surface area contributed by atoms with Crippen LogP contribution in [0, 0.1) is 0 Å². The number of aliphatic hydroxyl groups excluding tert-OH is 3. The molecule has 0 bridgehead atoms. The Labute approximate surface area is 443 Å². The van der Waals surface area contributed by atoms with E-state index >= 15 is 0 Å². The summed E-state index contributed by atoms with van der Waals surface area (Å²) in [6.07, 6.45) is 43.6. The highest BCUT2D eigenvalue weighted by molar-refractivity contribution is 7.61. The van der Waals surface area contributed by atoms with Crippen molar-refractivity contribution in [3.05, 3.63) is 132 Å². The average Bonchev–Trinajstić information content (AvgIpc) is 3.64. The fourth-order valence-electron chi connectivity index (χ4n) is 6.84. The first kappa shape index (κ1) is 66.5. The van der Waals surface area contributed by atoms with Gasteiger partial charge in [0, 0.05) is 19.0 Å². The summed E-state index contributed by atoms with van der Waals surface area (Å²) < 4.78 is 56.6. The Kier molecular flexibility index (Phi) is 36.0. The minimum absolute atomic E-state index is 0.00294. The van der Waals surface area contributed by atoms with Crippen molar-refractivity contribution in [1.29, 1.82) is 0 Å². The van der Waals surface area contributed by atoms with Crippen LogP contribution < -0.4 is 11.4 Å². The lowest BCUT2D eigenvalue weighted by molar-refractivity contribution is -0.161. The number of esters is 2. The van der Waals surface area contributed by atoms with Crippen LogP contribution in [0.5, 0.6) is 0 Å². The van der Waals surface area contributed by atoms with Gasteiger partial charge in [0.15, 0.2) is 12.3 Å². The summed E-state index contributed by atoms with van der Waals surface area (Å²) in [5.41, 5.74) is 4.57. The van der Waals surface area contributed by atoms with Crippen molar-refractivity contribution in [1.82, 2.24) is 9.55 Å². The quantitative estimate of drug-likeness (QED) is 0.0117. The maximum Gasteiger partial charge on any atom is 0.481 e. The monoisotopic (exact) mass is 1090 g/mol. The molecule has 2 rings (SSSR count). The molecule has 0 radical (unpaired) electrons. The molecule has 0 amide bonds. The topological polar surface area (TPSA) is 286 Å². The summed E-state index contributed by atoms with van der Waals surface area (Å²) in [5.74, 6) is -1.52. The molecule has 1 aromatic heterocycles. The molecule has 0 aromatic carbocycles. The van der Waals surface area contributed by atoms with Crippen LogP contribution in [0.15, 0.2) is 126 Å². The molecule has 8 atom stereocenters. The Morgan fingerprint density at radius 2 is 1.25 bits per heavy atom. The molecule has 1 fully saturated rings. The summed E-state index contributed by atoms with van der Waals surface area (Å²) in [5, 5.41) is 31.0. The van der Waals surface area contributed by atoms with Crippen molar-refractivity contribution in [2.45, 2.75) is 173 Å². The van der Waals surface area contributed by atoms with Crippen LogP contribution in [0.4, 0.5) is 5.82 Å². The van der Waals surface area contributed by atoms with Crippen LogP contribution in [-0.2, 0) is 46.3 Å². The van der Waals surface area contributed by atoms with Gasteiger partial charge in [0.1, 0.15) is 30.7 Å². The highest BCUT2D eigenvalue weighted by atomic mass is 31.3. The van der Waals surface area contributed by atoms with Gasteiger partial charge in [0.2, 0.25) is 0 Å². The van der Waals surface area contributed by atoms with Crippen LogP contribution in [0.2, 0.25) is 0 Å². The number of aromatic nitrogens is 2. The number of allylic oxidation sites excluding steroid dienone is 16. The Morgan fingerprint density at radius 3 is 1.85 bits per heavy atom. The van der Waals surface area contributed by atoms with Gasteiger partial charge < -0.3 is 45.1 Å². The minimum atomic E-state index is -5.47. The van der Waals surface area contributed by atoms with Gasteiger partial charge in [-0.2, -0.15) is 9.29 Å². The van der Waals surface area contributed by atoms with E-state index in [0.29, 0.717) is 32.1 Å². The van der Waals surface area contributed by atoms with Gasteiger partial charge in [0.05, 0.1) is 19.3 Å². The first-order chi connectivity index (χ1) is 36.1. The SMILES string of the molecule is CCCCC/C=C\C/C=C\C/C=C\C/C=C\C/C=C\CCC(=O)O[C@H](COC(=O)CCC/C=C\C/C=C\C=C\[C@H](O)C/C=C\CCCCC)COP(=O)(O)OP(=O)(O)OC[C@H]1O[C@@H](n2ccc(N)nc2=O)[C@H](O)[C@@H]1O. The molecule has 0 spiro atoms. The molecule has 0 saturated carbocycles. The Balaban J connectivity index is 1.88. The number of nitrogens with two attached hydrogens (primary N) is 1. The number of unbranched alkanes of at least 4 members (excludes halogenated alkanes) is 7. The number of ether oxygens (including phenoxy) is 3. The predicted octanol–water partition coefficient (Wildman–Crippen LogP) is 9.97. The molecule has 21 heteroatoms. The predicted molar refractivity (Wildman–Crippen MR) is 290 cm³/mol. The van der Waals surface area contributed by atoms with Crippen molar-refractivity contribution in [3.63, 3.8) is 0 Å². The standard InChI is InChI=1S/C54H83N3O16P2/c1-3-5-7-9-11-12-13-14-15-16-17-18-19-20-21-22-27-31-35-39-50(60)71-46(42-68-49(59)38-34-30-26-24-23-25-29-33-37-45(58)36-32-28-10-8-6-4-2)43-69-74(64,65)73-75(66,67)70-44-47-51(61)52(62)53(72-47)57-41-40-48(55)56-54(57)63/h11-12,14-15,17-18,20-21,24-29,31-33,37,40-41,45-47,51-53,58,61-62H,3-10,13,16,19,22-23,30,34-36,38-39,42-44H2,1-2H3,(H,64,65)(H,66,67)(H2,55,56,63)/b12-11-,15-14-,18-17-,21-20-,26-24-,29-25-,31-27-,32-28-,37-33+/t45-,46-,47-,51-,52-,53-/m1/s1. The molecule has 2 heterocycles. The van der Waals surface area contributed by atoms with Gasteiger partial charge in [-0.05, 0) is 89.5 Å². The van der Waals surface area contributed by atoms with Gasteiger partial charge in [-0.15, -0.1) is 0 Å². The number of carbonyl (C=O) groups is 2. The molecule has 1 saturated heterocycles. The largest absolute Gasteiger partial charge is 0.481 e. The number of phosphoric ester groups is 2. The average molecular weight is 1090 g/mol. The molecule has 1 aliphatic rings. The normalized spacial score (nSPS) is 20.1. The molecule has 2 unspecified atom stereocenters. The minimum Gasteiger partial charge on any atom is -0.462 e. The van der Waals surface area contributed by atoms with Crippen LogP contribution in [0.3, 0.4) is 0 Å². The van der Waals surface area contributed by atoms with Crippen molar-refractivity contribution in [2.24, 2.45) is 0 Å². The second kappa shape index (κ2) is 40.6. The van der Waals surface area contributed by atoms with Crippen molar-refractivity contribution < 1.29 is 71.4 Å². The zero-order chi connectivity index (χ0) is 55.0. The molecule has 75 heavy (non-hydrogen) atoms. The van der Waals surface area contributed by atoms with E-state index in [2.05, 4.69) is 65.7 Å². The van der Waals surface area contributed by atoms with Crippen LogP contribution in [-0.4, -0.2) is 96.9 Å². The van der Waals surface area contributed by atoms with Gasteiger partial charge in [-0.1, -0.05) is 149 Å². The number of rotatable bonds is 41. The van der Waals surface area contributed by atoms with E-state index < -0.39 is 89.8 Å². The lowest BCUT2D eigenvalue weighted by Crippen LogP contribution is -2.36. The summed E-state index contributed by atoms with van der Waals surface area (Å²) in [4.78, 5) is 61.9. The highest BCUT2D eigenvalue weighted by Crippen LogP contribution is 2.60. The molecule has 19 nitrogen and oxygen atoms in total. The molecule has 420 valence electrons. The zero-order valence-corrected chi connectivity index (χ0v) is 45.4. The smallest absolute Gasteiger partial charge is 0.462 e. The van der Waals surface area contributed by atoms with Crippen LogP contribution in [0.25, 0.3) is 0 Å². The van der Waals surface area contributed by atoms with E-state index in [1.54, 1.807) is 18.2 Å².